The molecule has 0 aromatic heterocycles. The van der Waals surface area contributed by atoms with Crippen LogP contribution in [0.1, 0.15) is 12.0 Å². The summed E-state index contributed by atoms with van der Waals surface area (Å²) in [5.41, 5.74) is 2.62. The van der Waals surface area contributed by atoms with Gasteiger partial charge in [0.05, 0.1) is 13.2 Å². The normalized spacial score (nSPS) is 16.6. The average Bonchev–Trinajstić information content (AvgIpc) is 2.97. The number of carbonyl (C=O) groups is 2. The molecule has 1 aliphatic rings. The fourth-order valence-electron chi connectivity index (χ4n) is 2.82. The lowest BCUT2D eigenvalue weighted by atomic mass is 10.2. The topological polar surface area (TPSA) is 70.7 Å². The van der Waals surface area contributed by atoms with E-state index in [0.29, 0.717) is 12.3 Å². The van der Waals surface area contributed by atoms with Gasteiger partial charge in [0, 0.05) is 30.4 Å². The molecule has 6 heteroatoms. The Balaban J connectivity index is 1.60. The largest absolute Gasteiger partial charge is 0.497 e. The summed E-state index contributed by atoms with van der Waals surface area (Å²) in [4.78, 5) is 26.1. The molecule has 3 amide bonds. The van der Waals surface area contributed by atoms with Crippen LogP contribution in [0.4, 0.5) is 16.2 Å². The first-order valence-electron chi connectivity index (χ1n) is 8.14. The molecule has 1 aliphatic heterocycles. The first-order valence-corrected chi connectivity index (χ1v) is 8.14. The first kappa shape index (κ1) is 16.8. The second-order valence-corrected chi connectivity index (χ2v) is 6.07. The predicted octanol–water partition coefficient (Wildman–Crippen LogP) is 2.93. The summed E-state index contributed by atoms with van der Waals surface area (Å²) in [6, 6.07) is 14.3. The van der Waals surface area contributed by atoms with Crippen LogP contribution in [-0.2, 0) is 4.79 Å². The minimum absolute atomic E-state index is 0.0195. The van der Waals surface area contributed by atoms with E-state index in [9.17, 15) is 9.59 Å². The number of carbonyl (C=O) groups excluding carboxylic acids is 2. The Morgan fingerprint density at radius 3 is 2.68 bits per heavy atom. The summed E-state index contributed by atoms with van der Waals surface area (Å²) in [5, 5.41) is 5.64. The highest BCUT2D eigenvalue weighted by Crippen LogP contribution is 2.25. The molecular formula is C19H21N3O3. The molecule has 1 atom stereocenters. The molecule has 6 nitrogen and oxygen atoms in total. The zero-order valence-electron chi connectivity index (χ0n) is 14.3. The van der Waals surface area contributed by atoms with Crippen LogP contribution < -0.4 is 20.3 Å². The maximum absolute atomic E-state index is 12.3. The molecule has 3 rings (SSSR count). The van der Waals surface area contributed by atoms with Crippen molar-refractivity contribution >= 4 is 23.3 Å². The van der Waals surface area contributed by atoms with Crippen molar-refractivity contribution in [2.24, 2.45) is 0 Å². The van der Waals surface area contributed by atoms with Gasteiger partial charge in [-0.05, 0) is 31.2 Å². The molecule has 2 aromatic carbocycles. The standard InChI is InChI=1S/C19H21N3O3/c1-13-6-8-14(9-7-13)20-19(24)21-15-10-18(23)22(12-15)16-4-3-5-17(11-16)25-2/h3-9,11,15H,10,12H2,1-2H3,(H2,20,21,24)/t15-/m1/s1. The minimum Gasteiger partial charge on any atom is -0.497 e. The van der Waals surface area contributed by atoms with E-state index in [1.165, 1.54) is 0 Å². The number of nitrogens with one attached hydrogen (secondary N) is 2. The third kappa shape index (κ3) is 4.09. The van der Waals surface area contributed by atoms with Crippen molar-refractivity contribution in [2.75, 3.05) is 23.9 Å². The summed E-state index contributed by atoms with van der Waals surface area (Å²) < 4.78 is 5.20. The van der Waals surface area contributed by atoms with Crippen molar-refractivity contribution in [3.63, 3.8) is 0 Å². The van der Waals surface area contributed by atoms with Crippen LogP contribution in [0, 0.1) is 6.92 Å². The van der Waals surface area contributed by atoms with Gasteiger partial charge in [0.2, 0.25) is 5.91 Å². The van der Waals surface area contributed by atoms with E-state index in [-0.39, 0.29) is 24.4 Å². The second-order valence-electron chi connectivity index (χ2n) is 6.07. The number of amides is 3. The van der Waals surface area contributed by atoms with Gasteiger partial charge >= 0.3 is 6.03 Å². The Kier molecular flexibility index (Phi) is 4.88. The molecule has 0 saturated carbocycles. The van der Waals surface area contributed by atoms with Crippen LogP contribution >= 0.6 is 0 Å². The van der Waals surface area contributed by atoms with Gasteiger partial charge in [-0.15, -0.1) is 0 Å². The van der Waals surface area contributed by atoms with Crippen molar-refractivity contribution in [3.8, 4) is 5.75 Å². The predicted molar refractivity (Wildman–Crippen MR) is 97.1 cm³/mol. The lowest BCUT2D eigenvalue weighted by Gasteiger charge is -2.18. The van der Waals surface area contributed by atoms with E-state index >= 15 is 0 Å². The third-order valence-electron chi connectivity index (χ3n) is 4.13. The third-order valence-corrected chi connectivity index (χ3v) is 4.13. The van der Waals surface area contributed by atoms with Crippen molar-refractivity contribution in [1.29, 1.82) is 0 Å². The first-order chi connectivity index (χ1) is 12.0. The summed E-state index contributed by atoms with van der Waals surface area (Å²) in [5.74, 6) is 0.674. The van der Waals surface area contributed by atoms with Crippen LogP contribution in [0.5, 0.6) is 5.75 Å². The molecule has 0 spiro atoms. The van der Waals surface area contributed by atoms with Crippen LogP contribution in [0.15, 0.2) is 48.5 Å². The monoisotopic (exact) mass is 339 g/mol. The molecule has 1 saturated heterocycles. The van der Waals surface area contributed by atoms with E-state index in [1.54, 1.807) is 12.0 Å². The Hall–Kier alpha value is -3.02. The molecule has 0 radical (unpaired) electrons. The van der Waals surface area contributed by atoms with E-state index in [4.69, 9.17) is 4.74 Å². The fourth-order valence-corrected chi connectivity index (χ4v) is 2.82. The van der Waals surface area contributed by atoms with E-state index in [1.807, 2.05) is 55.5 Å². The quantitative estimate of drug-likeness (QED) is 0.900. The van der Waals surface area contributed by atoms with Gasteiger partial charge in [-0.2, -0.15) is 0 Å². The van der Waals surface area contributed by atoms with Gasteiger partial charge in [0.25, 0.3) is 0 Å². The number of nitrogens with zero attached hydrogens (tertiary/aromatic N) is 1. The zero-order valence-corrected chi connectivity index (χ0v) is 14.3. The number of anilines is 2. The molecule has 2 aromatic rings. The van der Waals surface area contributed by atoms with Crippen LogP contribution in [-0.4, -0.2) is 31.6 Å². The van der Waals surface area contributed by atoms with Gasteiger partial charge < -0.3 is 20.3 Å². The Bertz CT molecular complexity index is 774. The Labute approximate surface area is 146 Å². The highest BCUT2D eigenvalue weighted by Gasteiger charge is 2.31. The molecule has 2 N–H and O–H groups in total. The number of urea groups is 1. The Morgan fingerprint density at radius 2 is 1.96 bits per heavy atom. The highest BCUT2D eigenvalue weighted by atomic mass is 16.5. The molecule has 1 fully saturated rings. The molecule has 0 unspecified atom stereocenters. The number of hydrogen-bond donors (Lipinski definition) is 2. The van der Waals surface area contributed by atoms with Gasteiger partial charge in [-0.25, -0.2) is 4.79 Å². The van der Waals surface area contributed by atoms with Crippen molar-refractivity contribution in [3.05, 3.63) is 54.1 Å². The summed E-state index contributed by atoms with van der Waals surface area (Å²) in [7, 11) is 1.59. The summed E-state index contributed by atoms with van der Waals surface area (Å²) >= 11 is 0. The second kappa shape index (κ2) is 7.25. The summed E-state index contributed by atoms with van der Waals surface area (Å²) in [6.45, 7) is 2.43. The lowest BCUT2D eigenvalue weighted by Crippen LogP contribution is -2.39. The number of rotatable bonds is 4. The number of hydrogen-bond acceptors (Lipinski definition) is 3. The molecule has 25 heavy (non-hydrogen) atoms. The van der Waals surface area contributed by atoms with Crippen molar-refractivity contribution in [2.45, 2.75) is 19.4 Å². The lowest BCUT2D eigenvalue weighted by molar-refractivity contribution is -0.117. The van der Waals surface area contributed by atoms with Gasteiger partial charge in [-0.1, -0.05) is 23.8 Å². The van der Waals surface area contributed by atoms with E-state index in [0.717, 1.165) is 16.9 Å². The minimum atomic E-state index is -0.311. The number of benzene rings is 2. The average molecular weight is 339 g/mol. The van der Waals surface area contributed by atoms with Crippen molar-refractivity contribution < 1.29 is 14.3 Å². The zero-order chi connectivity index (χ0) is 17.8. The highest BCUT2D eigenvalue weighted by molar-refractivity contribution is 5.97. The summed E-state index contributed by atoms with van der Waals surface area (Å²) in [6.07, 6.45) is 0.276. The molecular weight excluding hydrogens is 318 g/mol. The Morgan fingerprint density at radius 1 is 1.20 bits per heavy atom. The number of methoxy groups -OCH3 is 1. The molecule has 0 aliphatic carbocycles. The van der Waals surface area contributed by atoms with Crippen LogP contribution in [0.3, 0.4) is 0 Å². The number of ether oxygens (including phenoxy) is 1. The van der Waals surface area contributed by atoms with Crippen LogP contribution in [0.25, 0.3) is 0 Å². The molecule has 130 valence electrons. The number of aryl methyl sites for hydroxylation is 1. The SMILES string of the molecule is COc1cccc(N2C[C@H](NC(=O)Nc3ccc(C)cc3)CC2=O)c1. The van der Waals surface area contributed by atoms with E-state index < -0.39 is 0 Å². The van der Waals surface area contributed by atoms with Crippen LogP contribution in [0.2, 0.25) is 0 Å². The smallest absolute Gasteiger partial charge is 0.319 e. The van der Waals surface area contributed by atoms with Gasteiger partial charge in [0.1, 0.15) is 5.75 Å². The van der Waals surface area contributed by atoms with Crippen molar-refractivity contribution in [1.82, 2.24) is 5.32 Å². The van der Waals surface area contributed by atoms with E-state index in [2.05, 4.69) is 10.6 Å². The molecule has 1 heterocycles. The molecule has 0 bridgehead atoms. The van der Waals surface area contributed by atoms with Gasteiger partial charge in [-0.3, -0.25) is 4.79 Å². The maximum atomic E-state index is 12.3. The van der Waals surface area contributed by atoms with Gasteiger partial charge in [0.15, 0.2) is 0 Å². The fraction of sp³-hybridized carbons (Fsp3) is 0.263. The maximum Gasteiger partial charge on any atom is 0.319 e.